The predicted octanol–water partition coefficient (Wildman–Crippen LogP) is 2.99. The highest BCUT2D eigenvalue weighted by Crippen LogP contribution is 2.10. The van der Waals surface area contributed by atoms with E-state index < -0.39 is 0 Å². The molecule has 0 atom stereocenters. The minimum absolute atomic E-state index is 0.154. The quantitative estimate of drug-likeness (QED) is 0.877. The number of amides is 1. The molecule has 1 N–H and O–H groups in total. The first-order valence-electron chi connectivity index (χ1n) is 6.62. The zero-order valence-electron chi connectivity index (χ0n) is 11.5. The van der Waals surface area contributed by atoms with Gasteiger partial charge in [0.1, 0.15) is 0 Å². The zero-order chi connectivity index (χ0) is 13.7. The van der Waals surface area contributed by atoms with Crippen molar-refractivity contribution in [2.75, 3.05) is 0 Å². The van der Waals surface area contributed by atoms with Crippen LogP contribution in [0.15, 0.2) is 48.7 Å². The van der Waals surface area contributed by atoms with Crippen LogP contribution in [-0.2, 0) is 17.8 Å². The zero-order valence-corrected chi connectivity index (χ0v) is 11.5. The molecular weight excluding hydrogens is 236 g/mol. The highest BCUT2D eigenvalue weighted by atomic mass is 16.2. The molecule has 1 aromatic heterocycles. The first kappa shape index (κ1) is 13.4. The van der Waals surface area contributed by atoms with Crippen molar-refractivity contribution < 1.29 is 4.79 Å². The van der Waals surface area contributed by atoms with Gasteiger partial charge in [-0.2, -0.15) is 0 Å². The lowest BCUT2D eigenvalue weighted by atomic mass is 10.1. The van der Waals surface area contributed by atoms with E-state index in [2.05, 4.69) is 31.0 Å². The molecule has 2 rings (SSSR count). The number of carbonyl (C=O) groups is 1. The van der Waals surface area contributed by atoms with Crippen molar-refractivity contribution in [3.63, 3.8) is 0 Å². The van der Waals surface area contributed by atoms with E-state index in [9.17, 15) is 4.79 Å². The van der Waals surface area contributed by atoms with Gasteiger partial charge in [0.25, 0.3) is 0 Å². The third-order valence-electron chi connectivity index (χ3n) is 3.14. The highest BCUT2D eigenvalue weighted by Gasteiger charge is 2.17. The van der Waals surface area contributed by atoms with Crippen LogP contribution in [0.3, 0.4) is 0 Å². The minimum atomic E-state index is 0.154. The number of hydrogen-bond donors (Lipinski definition) is 1. The van der Waals surface area contributed by atoms with Gasteiger partial charge in [-0.1, -0.05) is 30.3 Å². The van der Waals surface area contributed by atoms with E-state index >= 15 is 0 Å². The summed E-state index contributed by atoms with van der Waals surface area (Å²) in [4.78, 5) is 17.4. The molecule has 19 heavy (non-hydrogen) atoms. The Hall–Kier alpha value is -2.03. The monoisotopic (exact) mass is 256 g/mol. The van der Waals surface area contributed by atoms with Crippen molar-refractivity contribution in [3.8, 4) is 0 Å². The fourth-order valence-corrected chi connectivity index (χ4v) is 2.08. The van der Waals surface area contributed by atoms with E-state index in [0.717, 1.165) is 11.3 Å². The van der Waals surface area contributed by atoms with Gasteiger partial charge < -0.3 is 9.88 Å². The van der Waals surface area contributed by atoms with Crippen LogP contribution >= 0.6 is 0 Å². The summed E-state index contributed by atoms with van der Waals surface area (Å²) in [5.41, 5.74) is 2.12. The Morgan fingerprint density at radius 1 is 1.16 bits per heavy atom. The summed E-state index contributed by atoms with van der Waals surface area (Å²) >= 11 is 0. The normalized spacial score (nSPS) is 10.7. The third-order valence-corrected chi connectivity index (χ3v) is 3.14. The van der Waals surface area contributed by atoms with Crippen molar-refractivity contribution in [2.45, 2.75) is 32.9 Å². The number of benzene rings is 1. The van der Waals surface area contributed by atoms with E-state index in [4.69, 9.17) is 0 Å². The number of carbonyl (C=O) groups excluding carboxylic acids is 1. The summed E-state index contributed by atoms with van der Waals surface area (Å²) in [6, 6.07) is 14.2. The largest absolute Gasteiger partial charge is 0.365 e. The summed E-state index contributed by atoms with van der Waals surface area (Å²) in [7, 11) is 0. The number of nitrogens with zero attached hydrogens (tertiary/aromatic N) is 1. The van der Waals surface area contributed by atoms with Crippen molar-refractivity contribution in [1.82, 2.24) is 9.88 Å². The number of rotatable bonds is 5. The maximum absolute atomic E-state index is 12.4. The lowest BCUT2D eigenvalue weighted by molar-refractivity contribution is -0.132. The summed E-state index contributed by atoms with van der Waals surface area (Å²) in [5.74, 6) is 0.154. The van der Waals surface area contributed by atoms with Gasteiger partial charge in [-0.15, -0.1) is 0 Å². The molecule has 0 spiro atoms. The second-order valence-corrected chi connectivity index (χ2v) is 4.97. The predicted molar refractivity (Wildman–Crippen MR) is 76.6 cm³/mol. The van der Waals surface area contributed by atoms with Crippen LogP contribution in [0.1, 0.15) is 25.1 Å². The molecule has 1 amide bonds. The molecule has 0 aliphatic heterocycles. The first-order chi connectivity index (χ1) is 9.16. The van der Waals surface area contributed by atoms with Crippen molar-refractivity contribution in [3.05, 3.63) is 59.9 Å². The number of aromatic nitrogens is 1. The average molecular weight is 256 g/mol. The van der Waals surface area contributed by atoms with E-state index in [1.165, 1.54) is 0 Å². The molecule has 1 heterocycles. The van der Waals surface area contributed by atoms with Crippen LogP contribution in [0.5, 0.6) is 0 Å². The smallest absolute Gasteiger partial charge is 0.229 e. The Labute approximate surface area is 114 Å². The lowest BCUT2D eigenvalue weighted by Gasteiger charge is -2.27. The lowest BCUT2D eigenvalue weighted by Crippen LogP contribution is -2.37. The molecule has 1 aromatic carbocycles. The molecule has 0 saturated carbocycles. The molecule has 0 aliphatic rings. The Kier molecular flexibility index (Phi) is 4.39. The molecule has 0 saturated heterocycles. The van der Waals surface area contributed by atoms with Crippen LogP contribution in [0.25, 0.3) is 0 Å². The minimum Gasteiger partial charge on any atom is -0.365 e. The molecule has 100 valence electrons. The molecule has 0 radical (unpaired) electrons. The van der Waals surface area contributed by atoms with Gasteiger partial charge >= 0.3 is 0 Å². The van der Waals surface area contributed by atoms with Gasteiger partial charge in [-0.3, -0.25) is 4.79 Å². The van der Waals surface area contributed by atoms with Gasteiger partial charge in [0.15, 0.2) is 0 Å². The number of aromatic amines is 1. The third kappa shape index (κ3) is 3.71. The van der Waals surface area contributed by atoms with Crippen LogP contribution in [0.4, 0.5) is 0 Å². The maximum atomic E-state index is 12.4. The molecule has 3 nitrogen and oxygen atoms in total. The second-order valence-electron chi connectivity index (χ2n) is 4.97. The number of H-pyrrole nitrogens is 1. The van der Waals surface area contributed by atoms with Gasteiger partial charge in [0.2, 0.25) is 5.91 Å². The van der Waals surface area contributed by atoms with Crippen molar-refractivity contribution >= 4 is 5.91 Å². The van der Waals surface area contributed by atoms with Gasteiger partial charge in [0, 0.05) is 24.5 Å². The molecule has 3 heteroatoms. The van der Waals surface area contributed by atoms with Gasteiger partial charge in [0.05, 0.1) is 6.42 Å². The van der Waals surface area contributed by atoms with Crippen molar-refractivity contribution in [2.24, 2.45) is 0 Å². The topological polar surface area (TPSA) is 36.1 Å². The second kappa shape index (κ2) is 6.23. The maximum Gasteiger partial charge on any atom is 0.229 e. The van der Waals surface area contributed by atoms with Crippen LogP contribution in [-0.4, -0.2) is 21.8 Å². The summed E-state index contributed by atoms with van der Waals surface area (Å²) < 4.78 is 0. The number of hydrogen-bond acceptors (Lipinski definition) is 1. The van der Waals surface area contributed by atoms with Gasteiger partial charge in [-0.05, 0) is 31.5 Å². The Morgan fingerprint density at radius 3 is 2.47 bits per heavy atom. The van der Waals surface area contributed by atoms with Gasteiger partial charge in [-0.25, -0.2) is 0 Å². The fraction of sp³-hybridized carbons (Fsp3) is 0.312. The summed E-state index contributed by atoms with van der Waals surface area (Å²) in [6.45, 7) is 4.77. The molecule has 0 unspecified atom stereocenters. The van der Waals surface area contributed by atoms with E-state index in [0.29, 0.717) is 13.0 Å². The van der Waals surface area contributed by atoms with E-state index in [1.54, 1.807) is 0 Å². The fourth-order valence-electron chi connectivity index (χ4n) is 2.08. The van der Waals surface area contributed by atoms with E-state index in [-0.39, 0.29) is 11.9 Å². The van der Waals surface area contributed by atoms with Crippen LogP contribution < -0.4 is 0 Å². The molecule has 0 bridgehead atoms. The Balaban J connectivity index is 2.05. The highest BCUT2D eigenvalue weighted by molar-refractivity contribution is 5.78. The Bertz CT molecular complexity index is 503. The molecule has 0 fully saturated rings. The number of nitrogens with one attached hydrogen (secondary N) is 1. The van der Waals surface area contributed by atoms with Crippen LogP contribution in [0.2, 0.25) is 0 Å². The summed E-state index contributed by atoms with van der Waals surface area (Å²) in [6.07, 6.45) is 2.28. The molecule has 2 aromatic rings. The summed E-state index contributed by atoms with van der Waals surface area (Å²) in [5, 5.41) is 0. The standard InChI is InChI=1S/C16H20N2O/c1-13(2)18(12-14-7-4-3-5-8-14)16(19)11-15-9-6-10-17-15/h3-10,13,17H,11-12H2,1-2H3. The average Bonchev–Trinajstić information content (AvgIpc) is 2.89. The van der Waals surface area contributed by atoms with Crippen molar-refractivity contribution in [1.29, 1.82) is 0 Å². The Morgan fingerprint density at radius 2 is 1.89 bits per heavy atom. The first-order valence-corrected chi connectivity index (χ1v) is 6.62. The molecule has 0 aliphatic carbocycles. The van der Waals surface area contributed by atoms with Crippen LogP contribution in [0, 0.1) is 0 Å². The molecular formula is C16H20N2O. The van der Waals surface area contributed by atoms with E-state index in [1.807, 2.05) is 41.4 Å². The SMILES string of the molecule is CC(C)N(Cc1ccccc1)C(=O)Cc1ccc[nH]1.